The average molecular weight is 313 g/mol. The van der Waals surface area contributed by atoms with Crippen LogP contribution >= 0.6 is 0 Å². The highest BCUT2D eigenvalue weighted by Crippen LogP contribution is 2.25. The van der Waals surface area contributed by atoms with E-state index in [0.717, 1.165) is 0 Å². The van der Waals surface area contributed by atoms with Crippen LogP contribution in [0.15, 0.2) is 64.4 Å². The van der Waals surface area contributed by atoms with E-state index in [1.807, 2.05) is 6.92 Å². The van der Waals surface area contributed by atoms with Crippen molar-refractivity contribution in [1.29, 1.82) is 5.26 Å². The lowest BCUT2D eigenvalue weighted by Gasteiger charge is -2.07. The molecular formula is C17H15NO3S. The summed E-state index contributed by atoms with van der Waals surface area (Å²) in [5, 5.41) is 9.27. The third kappa shape index (κ3) is 3.35. The molecule has 0 N–H and O–H groups in total. The van der Waals surface area contributed by atoms with Crippen LogP contribution in [-0.2, 0) is 9.84 Å². The van der Waals surface area contributed by atoms with E-state index in [1.54, 1.807) is 48.5 Å². The molecule has 0 saturated heterocycles. The van der Waals surface area contributed by atoms with E-state index in [0.29, 0.717) is 17.9 Å². The SMILES string of the molecule is CCOc1ccccc1C=C(C#N)S(=O)(=O)c1ccccc1. The highest BCUT2D eigenvalue weighted by atomic mass is 32.2. The van der Waals surface area contributed by atoms with Gasteiger partial charge in [-0.1, -0.05) is 36.4 Å². The molecule has 0 aliphatic rings. The van der Waals surface area contributed by atoms with Crippen LogP contribution in [0.4, 0.5) is 0 Å². The third-order valence-electron chi connectivity index (χ3n) is 2.96. The summed E-state index contributed by atoms with van der Waals surface area (Å²) in [4.78, 5) is -0.220. The van der Waals surface area contributed by atoms with Gasteiger partial charge in [0.15, 0.2) is 0 Å². The van der Waals surface area contributed by atoms with Gasteiger partial charge < -0.3 is 4.74 Å². The van der Waals surface area contributed by atoms with Crippen LogP contribution in [0.5, 0.6) is 5.75 Å². The molecule has 0 heterocycles. The van der Waals surface area contributed by atoms with E-state index in [-0.39, 0.29) is 9.80 Å². The molecule has 2 aromatic carbocycles. The zero-order valence-electron chi connectivity index (χ0n) is 12.1. The molecule has 2 rings (SSSR count). The molecule has 0 aliphatic heterocycles. The summed E-state index contributed by atoms with van der Waals surface area (Å²) in [6.07, 6.45) is 1.34. The Labute approximate surface area is 130 Å². The van der Waals surface area contributed by atoms with Gasteiger partial charge >= 0.3 is 0 Å². The maximum absolute atomic E-state index is 12.5. The van der Waals surface area contributed by atoms with Gasteiger partial charge in [-0.25, -0.2) is 8.42 Å². The lowest BCUT2D eigenvalue weighted by Crippen LogP contribution is -2.03. The van der Waals surface area contributed by atoms with Crippen LogP contribution in [-0.4, -0.2) is 15.0 Å². The first-order valence-electron chi connectivity index (χ1n) is 6.73. The topological polar surface area (TPSA) is 67.2 Å². The molecule has 112 valence electrons. The summed E-state index contributed by atoms with van der Waals surface area (Å²) in [6.45, 7) is 2.30. The number of rotatable bonds is 5. The van der Waals surface area contributed by atoms with Crippen molar-refractivity contribution in [2.24, 2.45) is 0 Å². The van der Waals surface area contributed by atoms with E-state index in [1.165, 1.54) is 18.2 Å². The number of para-hydroxylation sites is 1. The number of allylic oxidation sites excluding steroid dienone is 1. The largest absolute Gasteiger partial charge is 0.493 e. The first kappa shape index (κ1) is 15.8. The van der Waals surface area contributed by atoms with E-state index in [4.69, 9.17) is 4.74 Å². The highest BCUT2D eigenvalue weighted by Gasteiger charge is 2.20. The van der Waals surface area contributed by atoms with Crippen molar-refractivity contribution >= 4 is 15.9 Å². The van der Waals surface area contributed by atoms with Gasteiger partial charge in [-0.05, 0) is 31.2 Å². The molecule has 0 radical (unpaired) electrons. The van der Waals surface area contributed by atoms with Gasteiger partial charge in [0.2, 0.25) is 9.84 Å². The fourth-order valence-electron chi connectivity index (χ4n) is 1.92. The lowest BCUT2D eigenvalue weighted by molar-refractivity contribution is 0.339. The van der Waals surface area contributed by atoms with Crippen molar-refractivity contribution in [3.8, 4) is 11.8 Å². The van der Waals surface area contributed by atoms with Crippen LogP contribution < -0.4 is 4.74 Å². The fraction of sp³-hybridized carbons (Fsp3) is 0.118. The number of hydrogen-bond acceptors (Lipinski definition) is 4. The van der Waals surface area contributed by atoms with Crippen molar-refractivity contribution in [3.63, 3.8) is 0 Å². The average Bonchev–Trinajstić information content (AvgIpc) is 2.55. The molecule has 0 bridgehead atoms. The zero-order chi connectivity index (χ0) is 16.0. The molecule has 0 fully saturated rings. The Morgan fingerprint density at radius 1 is 1.14 bits per heavy atom. The van der Waals surface area contributed by atoms with Gasteiger partial charge in [0.1, 0.15) is 16.7 Å². The minimum Gasteiger partial charge on any atom is -0.493 e. The predicted octanol–water partition coefficient (Wildman–Crippen LogP) is 3.42. The van der Waals surface area contributed by atoms with Crippen molar-refractivity contribution in [2.45, 2.75) is 11.8 Å². The second-order valence-electron chi connectivity index (χ2n) is 4.41. The minimum absolute atomic E-state index is 0.0942. The maximum Gasteiger partial charge on any atom is 0.216 e. The molecule has 0 aromatic heterocycles. The van der Waals surface area contributed by atoms with Crippen LogP contribution in [0.2, 0.25) is 0 Å². The van der Waals surface area contributed by atoms with Crippen LogP contribution in [0.25, 0.3) is 6.08 Å². The standard InChI is InChI=1S/C17H15NO3S/c1-2-21-17-11-7-6-8-14(17)12-16(13-18)22(19,20)15-9-4-3-5-10-15/h3-12H,2H2,1H3. The first-order valence-corrected chi connectivity index (χ1v) is 8.21. The Balaban J connectivity index is 2.52. The predicted molar refractivity (Wildman–Crippen MR) is 84.8 cm³/mol. The Morgan fingerprint density at radius 2 is 1.77 bits per heavy atom. The Hall–Kier alpha value is -2.58. The number of benzene rings is 2. The summed E-state index contributed by atoms with van der Waals surface area (Å²) in [6, 6.07) is 16.7. The summed E-state index contributed by atoms with van der Waals surface area (Å²) in [5.74, 6) is 0.543. The number of nitrogens with zero attached hydrogens (tertiary/aromatic N) is 1. The molecule has 0 spiro atoms. The number of ether oxygens (including phenoxy) is 1. The quantitative estimate of drug-likeness (QED) is 0.793. The smallest absolute Gasteiger partial charge is 0.216 e. The van der Waals surface area contributed by atoms with Gasteiger partial charge in [-0.15, -0.1) is 0 Å². The van der Waals surface area contributed by atoms with Crippen LogP contribution in [0.3, 0.4) is 0 Å². The van der Waals surface area contributed by atoms with Crippen LogP contribution in [0, 0.1) is 11.3 Å². The minimum atomic E-state index is -3.84. The molecule has 0 amide bonds. The van der Waals surface area contributed by atoms with Crippen molar-refractivity contribution < 1.29 is 13.2 Å². The monoisotopic (exact) mass is 313 g/mol. The summed E-state index contributed by atoms with van der Waals surface area (Å²) in [5.41, 5.74) is 0.556. The molecule has 0 unspecified atom stereocenters. The van der Waals surface area contributed by atoms with E-state index < -0.39 is 9.84 Å². The van der Waals surface area contributed by atoms with Gasteiger partial charge in [0.25, 0.3) is 0 Å². The second-order valence-corrected chi connectivity index (χ2v) is 6.33. The van der Waals surface area contributed by atoms with E-state index in [9.17, 15) is 13.7 Å². The van der Waals surface area contributed by atoms with Crippen molar-refractivity contribution in [2.75, 3.05) is 6.61 Å². The maximum atomic E-state index is 12.5. The molecule has 0 aliphatic carbocycles. The molecule has 0 atom stereocenters. The Bertz CT molecular complexity index is 818. The Morgan fingerprint density at radius 3 is 2.41 bits per heavy atom. The first-order chi connectivity index (χ1) is 10.6. The highest BCUT2D eigenvalue weighted by molar-refractivity contribution is 7.95. The fourth-order valence-corrected chi connectivity index (χ4v) is 3.10. The molecule has 22 heavy (non-hydrogen) atoms. The second kappa shape index (κ2) is 6.92. The van der Waals surface area contributed by atoms with Crippen molar-refractivity contribution in [3.05, 3.63) is 65.1 Å². The molecular weight excluding hydrogens is 298 g/mol. The number of hydrogen-bond donors (Lipinski definition) is 0. The normalized spacial score (nSPS) is 11.7. The molecule has 0 saturated carbocycles. The summed E-state index contributed by atoms with van der Waals surface area (Å²) >= 11 is 0. The lowest BCUT2D eigenvalue weighted by atomic mass is 10.2. The zero-order valence-corrected chi connectivity index (χ0v) is 12.9. The van der Waals surface area contributed by atoms with Gasteiger partial charge in [-0.3, -0.25) is 0 Å². The molecule has 2 aromatic rings. The number of nitriles is 1. The van der Waals surface area contributed by atoms with E-state index >= 15 is 0 Å². The Kier molecular flexibility index (Phi) is 4.97. The van der Waals surface area contributed by atoms with Crippen molar-refractivity contribution in [1.82, 2.24) is 0 Å². The van der Waals surface area contributed by atoms with Gasteiger partial charge in [0, 0.05) is 5.56 Å². The third-order valence-corrected chi connectivity index (χ3v) is 4.64. The molecule has 4 nitrogen and oxygen atoms in total. The summed E-state index contributed by atoms with van der Waals surface area (Å²) < 4.78 is 30.5. The van der Waals surface area contributed by atoms with Crippen LogP contribution in [0.1, 0.15) is 12.5 Å². The summed E-state index contributed by atoms with van der Waals surface area (Å²) in [7, 11) is -3.84. The molecule has 5 heteroatoms. The van der Waals surface area contributed by atoms with E-state index in [2.05, 4.69) is 0 Å². The van der Waals surface area contributed by atoms with Gasteiger partial charge in [-0.2, -0.15) is 5.26 Å². The van der Waals surface area contributed by atoms with Gasteiger partial charge in [0.05, 0.1) is 11.5 Å². The number of sulfone groups is 1.